The zero-order valence-corrected chi connectivity index (χ0v) is 11.2. The molecule has 7 heteroatoms. The van der Waals surface area contributed by atoms with Crippen LogP contribution in [0, 0.1) is 5.92 Å². The molecule has 0 aliphatic carbocycles. The summed E-state index contributed by atoms with van der Waals surface area (Å²) < 4.78 is 43.8. The lowest BCUT2D eigenvalue weighted by molar-refractivity contribution is -0.138. The maximum absolute atomic E-state index is 12.8. The maximum atomic E-state index is 12.8. The molecule has 0 bridgehead atoms. The summed E-state index contributed by atoms with van der Waals surface area (Å²) in [5.74, 6) is -1.16. The number of anilines is 1. The van der Waals surface area contributed by atoms with Gasteiger partial charge in [-0.15, -0.1) is 0 Å². The van der Waals surface area contributed by atoms with Crippen LogP contribution >= 0.6 is 0 Å². The first-order valence-corrected chi connectivity index (χ1v) is 6.64. The van der Waals surface area contributed by atoms with Gasteiger partial charge in [-0.25, -0.2) is 4.79 Å². The molecule has 21 heavy (non-hydrogen) atoms. The number of alkyl halides is 3. The van der Waals surface area contributed by atoms with Crippen molar-refractivity contribution in [1.82, 2.24) is 0 Å². The molecule has 0 saturated carbocycles. The number of carboxylic acids is 1. The van der Waals surface area contributed by atoms with Gasteiger partial charge in [0.1, 0.15) is 0 Å². The van der Waals surface area contributed by atoms with Gasteiger partial charge in [0.2, 0.25) is 0 Å². The standard InChI is InChI=1S/C14H16F3NO3/c15-14(16,17)12-7-10(1-2-11(12)13(19)20)18-5-3-9-4-6-21-8-9/h1-2,7,9,18H,3-6,8H2,(H,19,20). The first-order chi connectivity index (χ1) is 9.88. The Labute approximate surface area is 119 Å². The molecule has 2 N–H and O–H groups in total. The van der Waals surface area contributed by atoms with Gasteiger partial charge in [0.25, 0.3) is 0 Å². The second-order valence-corrected chi connectivity index (χ2v) is 5.01. The van der Waals surface area contributed by atoms with E-state index in [-0.39, 0.29) is 5.69 Å². The van der Waals surface area contributed by atoms with Crippen LogP contribution in [0.4, 0.5) is 18.9 Å². The summed E-state index contributed by atoms with van der Waals surface area (Å²) in [4.78, 5) is 10.8. The lowest BCUT2D eigenvalue weighted by Crippen LogP contribution is -2.14. The van der Waals surface area contributed by atoms with Gasteiger partial charge < -0.3 is 15.2 Å². The number of hydrogen-bond acceptors (Lipinski definition) is 3. The molecular weight excluding hydrogens is 287 g/mol. The number of aromatic carboxylic acids is 1. The summed E-state index contributed by atoms with van der Waals surface area (Å²) in [7, 11) is 0. The van der Waals surface area contributed by atoms with Gasteiger partial charge in [-0.3, -0.25) is 0 Å². The molecule has 1 fully saturated rings. The van der Waals surface area contributed by atoms with Crippen LogP contribution in [0.2, 0.25) is 0 Å². The van der Waals surface area contributed by atoms with Crippen molar-refractivity contribution in [2.45, 2.75) is 19.0 Å². The summed E-state index contributed by atoms with van der Waals surface area (Å²) in [5.41, 5.74) is -1.60. The zero-order valence-electron chi connectivity index (χ0n) is 11.2. The number of hydrogen-bond donors (Lipinski definition) is 2. The van der Waals surface area contributed by atoms with Crippen molar-refractivity contribution in [3.05, 3.63) is 29.3 Å². The highest BCUT2D eigenvalue weighted by atomic mass is 19.4. The third kappa shape index (κ3) is 4.10. The molecule has 0 amide bonds. The Morgan fingerprint density at radius 3 is 2.76 bits per heavy atom. The van der Waals surface area contributed by atoms with Crippen molar-refractivity contribution in [2.75, 3.05) is 25.1 Å². The van der Waals surface area contributed by atoms with Crippen LogP contribution in [0.15, 0.2) is 18.2 Å². The van der Waals surface area contributed by atoms with E-state index in [4.69, 9.17) is 9.84 Å². The summed E-state index contributed by atoms with van der Waals surface area (Å²) in [5, 5.41) is 11.7. The Bertz CT molecular complexity index is 511. The summed E-state index contributed by atoms with van der Waals surface area (Å²) in [6.07, 6.45) is -2.92. The van der Waals surface area contributed by atoms with Crippen LogP contribution in [0.3, 0.4) is 0 Å². The van der Waals surface area contributed by atoms with Crippen molar-refractivity contribution in [2.24, 2.45) is 5.92 Å². The van der Waals surface area contributed by atoms with Crippen molar-refractivity contribution in [3.8, 4) is 0 Å². The van der Waals surface area contributed by atoms with Crippen molar-refractivity contribution in [3.63, 3.8) is 0 Å². The number of carbonyl (C=O) groups is 1. The van der Waals surface area contributed by atoms with E-state index in [0.717, 1.165) is 31.6 Å². The monoisotopic (exact) mass is 303 g/mol. The Morgan fingerprint density at radius 1 is 1.43 bits per heavy atom. The smallest absolute Gasteiger partial charge is 0.417 e. The number of rotatable bonds is 5. The maximum Gasteiger partial charge on any atom is 0.417 e. The molecule has 116 valence electrons. The highest BCUT2D eigenvalue weighted by molar-refractivity contribution is 5.90. The Kier molecular flexibility index (Phi) is 4.72. The fraction of sp³-hybridized carbons (Fsp3) is 0.500. The lowest BCUT2D eigenvalue weighted by atomic mass is 10.0. The van der Waals surface area contributed by atoms with E-state index in [0.29, 0.717) is 19.1 Å². The molecular formula is C14H16F3NO3. The molecule has 4 nitrogen and oxygen atoms in total. The minimum absolute atomic E-state index is 0.270. The summed E-state index contributed by atoms with van der Waals surface area (Å²) >= 11 is 0. The molecule has 1 aromatic carbocycles. The molecule has 1 aliphatic rings. The van der Waals surface area contributed by atoms with Gasteiger partial charge in [0, 0.05) is 25.4 Å². The van der Waals surface area contributed by atoms with Crippen LogP contribution in [0.25, 0.3) is 0 Å². The molecule has 1 heterocycles. The van der Waals surface area contributed by atoms with Crippen molar-refractivity contribution >= 4 is 11.7 Å². The molecule has 1 saturated heterocycles. The minimum atomic E-state index is -4.69. The van der Waals surface area contributed by atoms with E-state index in [9.17, 15) is 18.0 Å². The number of benzene rings is 1. The van der Waals surface area contributed by atoms with Gasteiger partial charge in [0.05, 0.1) is 11.1 Å². The number of ether oxygens (including phenoxy) is 1. The Balaban J connectivity index is 2.04. The van der Waals surface area contributed by atoms with Gasteiger partial charge in [-0.1, -0.05) is 0 Å². The number of halogens is 3. The first-order valence-electron chi connectivity index (χ1n) is 6.64. The zero-order chi connectivity index (χ0) is 15.5. The Hall–Kier alpha value is -1.76. The second-order valence-electron chi connectivity index (χ2n) is 5.01. The normalized spacial score (nSPS) is 18.7. The summed E-state index contributed by atoms with van der Waals surface area (Å²) in [6, 6.07) is 3.17. The van der Waals surface area contributed by atoms with Gasteiger partial charge in [-0.2, -0.15) is 13.2 Å². The number of carboxylic acid groups (broad SMARTS) is 1. The molecule has 1 aromatic rings. The van der Waals surface area contributed by atoms with Gasteiger partial charge in [-0.05, 0) is 37.0 Å². The van der Waals surface area contributed by atoms with Crippen molar-refractivity contribution < 1.29 is 27.8 Å². The van der Waals surface area contributed by atoms with E-state index in [2.05, 4.69) is 5.32 Å². The average Bonchev–Trinajstić information content (AvgIpc) is 2.90. The van der Waals surface area contributed by atoms with Gasteiger partial charge >= 0.3 is 12.1 Å². The highest BCUT2D eigenvalue weighted by Gasteiger charge is 2.35. The van der Waals surface area contributed by atoms with Crippen LogP contribution in [0.1, 0.15) is 28.8 Å². The van der Waals surface area contributed by atoms with E-state index in [1.807, 2.05) is 0 Å². The SMILES string of the molecule is O=C(O)c1ccc(NCCC2CCOC2)cc1C(F)(F)F. The van der Waals surface area contributed by atoms with Crippen LogP contribution in [-0.2, 0) is 10.9 Å². The molecule has 2 rings (SSSR count). The predicted molar refractivity (Wildman–Crippen MR) is 70.4 cm³/mol. The average molecular weight is 303 g/mol. The number of nitrogens with one attached hydrogen (secondary N) is 1. The fourth-order valence-corrected chi connectivity index (χ4v) is 2.31. The Morgan fingerprint density at radius 2 is 2.19 bits per heavy atom. The van der Waals surface area contributed by atoms with Crippen LogP contribution in [0.5, 0.6) is 0 Å². The molecule has 0 spiro atoms. The first kappa shape index (κ1) is 15.6. The summed E-state index contributed by atoms with van der Waals surface area (Å²) in [6.45, 7) is 1.95. The second kappa shape index (κ2) is 6.34. The fourth-order valence-electron chi connectivity index (χ4n) is 2.31. The molecule has 1 atom stereocenters. The quantitative estimate of drug-likeness (QED) is 0.876. The lowest BCUT2D eigenvalue weighted by Gasteiger charge is -2.14. The van der Waals surface area contributed by atoms with Crippen LogP contribution in [-0.4, -0.2) is 30.8 Å². The van der Waals surface area contributed by atoms with E-state index in [1.165, 1.54) is 6.07 Å². The topological polar surface area (TPSA) is 58.6 Å². The van der Waals surface area contributed by atoms with Gasteiger partial charge in [0.15, 0.2) is 0 Å². The predicted octanol–water partition coefficient (Wildman–Crippen LogP) is 3.24. The molecule has 1 aliphatic heterocycles. The third-order valence-electron chi connectivity index (χ3n) is 3.46. The molecule has 0 aromatic heterocycles. The molecule has 1 unspecified atom stereocenters. The van der Waals surface area contributed by atoms with E-state index < -0.39 is 23.3 Å². The van der Waals surface area contributed by atoms with Crippen molar-refractivity contribution in [1.29, 1.82) is 0 Å². The van der Waals surface area contributed by atoms with E-state index in [1.54, 1.807) is 0 Å². The third-order valence-corrected chi connectivity index (χ3v) is 3.46. The minimum Gasteiger partial charge on any atom is -0.478 e. The van der Waals surface area contributed by atoms with Crippen LogP contribution < -0.4 is 5.32 Å². The van der Waals surface area contributed by atoms with E-state index >= 15 is 0 Å². The largest absolute Gasteiger partial charge is 0.478 e. The molecule has 0 radical (unpaired) electrons. The highest BCUT2D eigenvalue weighted by Crippen LogP contribution is 2.34.